The molecular weight excluding hydrogens is 429 g/mol. The monoisotopic (exact) mass is 445 g/mol. The van der Waals surface area contributed by atoms with Gasteiger partial charge in [0.25, 0.3) is 5.91 Å². The predicted molar refractivity (Wildman–Crippen MR) is 96.4 cm³/mol. The lowest BCUT2D eigenvalue weighted by Crippen LogP contribution is -2.20. The zero-order chi connectivity index (χ0) is 23.1. The number of aliphatic hydroxyl groups excluding tert-OH is 2. The molecule has 0 radical (unpaired) electrons. The first-order valence-electron chi connectivity index (χ1n) is 8.69. The lowest BCUT2D eigenvalue weighted by Gasteiger charge is -2.11. The van der Waals surface area contributed by atoms with Crippen LogP contribution in [0.4, 0.5) is 22.0 Å². The van der Waals surface area contributed by atoms with Gasteiger partial charge in [0.05, 0.1) is 31.1 Å². The van der Waals surface area contributed by atoms with E-state index >= 15 is 0 Å². The molecule has 8 nitrogen and oxygen atoms in total. The number of carbonyl (C=O) groups excluding carboxylic acids is 1. The van der Waals surface area contributed by atoms with E-state index in [2.05, 4.69) is 10.1 Å². The van der Waals surface area contributed by atoms with E-state index in [4.69, 9.17) is 10.8 Å². The maximum absolute atomic E-state index is 14.8. The zero-order valence-corrected chi connectivity index (χ0v) is 15.9. The highest BCUT2D eigenvalue weighted by molar-refractivity contribution is 5.90. The molecular formula is C18H16F5N5O3. The van der Waals surface area contributed by atoms with Gasteiger partial charge in [0.15, 0.2) is 23.2 Å². The van der Waals surface area contributed by atoms with Crippen LogP contribution in [0, 0.1) is 11.6 Å². The van der Waals surface area contributed by atoms with Gasteiger partial charge in [-0.3, -0.25) is 9.48 Å². The number of aromatic nitrogens is 4. The molecule has 4 N–H and O–H groups in total. The van der Waals surface area contributed by atoms with Crippen LogP contribution in [0.5, 0.6) is 0 Å². The van der Waals surface area contributed by atoms with Gasteiger partial charge < -0.3 is 20.5 Å². The molecule has 0 unspecified atom stereocenters. The Kier molecular flexibility index (Phi) is 5.83. The molecule has 1 atom stereocenters. The fraction of sp³-hybridized carbons (Fsp3) is 0.278. The molecule has 2 aromatic heterocycles. The van der Waals surface area contributed by atoms with Crippen LogP contribution in [-0.2, 0) is 19.8 Å². The van der Waals surface area contributed by atoms with Crippen LogP contribution in [0.25, 0.3) is 22.4 Å². The number of carbonyl (C=O) groups is 1. The first-order chi connectivity index (χ1) is 14.5. The maximum Gasteiger partial charge on any atom is 0.435 e. The number of hydrogen-bond acceptors (Lipinski definition) is 5. The van der Waals surface area contributed by atoms with Crippen molar-refractivity contribution >= 4 is 5.91 Å². The number of imidazole rings is 1. The highest BCUT2D eigenvalue weighted by atomic mass is 19.4. The fourth-order valence-electron chi connectivity index (χ4n) is 3.04. The molecule has 0 aliphatic carbocycles. The Morgan fingerprint density at radius 1 is 1.19 bits per heavy atom. The fourth-order valence-corrected chi connectivity index (χ4v) is 3.04. The minimum absolute atomic E-state index is 0.0189. The minimum Gasteiger partial charge on any atom is -0.394 e. The van der Waals surface area contributed by atoms with E-state index in [9.17, 15) is 31.9 Å². The standard InChI is InChI=1S/C18H16F5N5O3/c1-27-12(4-25-17(27)16(24)31)10-3-2-9(13(19)14(10)20)11-6-28(5-8(30)7-29)26-15(11)18(21,22)23/h2-4,6,8,29-30H,5,7H2,1H3,(H2,24,31)/t8-/m0/s1. The van der Waals surface area contributed by atoms with Crippen LogP contribution >= 0.6 is 0 Å². The van der Waals surface area contributed by atoms with Crippen LogP contribution in [-0.4, -0.2) is 48.2 Å². The highest BCUT2D eigenvalue weighted by Crippen LogP contribution is 2.39. The smallest absolute Gasteiger partial charge is 0.394 e. The van der Waals surface area contributed by atoms with E-state index < -0.39 is 59.8 Å². The van der Waals surface area contributed by atoms with Crippen LogP contribution in [0.2, 0.25) is 0 Å². The molecule has 0 saturated heterocycles. The number of aliphatic hydroxyl groups is 2. The number of alkyl halides is 3. The van der Waals surface area contributed by atoms with Crippen molar-refractivity contribution in [1.29, 1.82) is 0 Å². The Balaban J connectivity index is 2.13. The number of hydrogen-bond donors (Lipinski definition) is 3. The summed E-state index contributed by atoms with van der Waals surface area (Å²) in [6.45, 7) is -1.22. The number of rotatable bonds is 6. The molecule has 3 aromatic rings. The molecule has 0 fully saturated rings. The highest BCUT2D eigenvalue weighted by Gasteiger charge is 2.38. The number of primary amides is 1. The van der Waals surface area contributed by atoms with Crippen LogP contribution in [0.1, 0.15) is 16.3 Å². The molecule has 1 aromatic carbocycles. The van der Waals surface area contributed by atoms with Gasteiger partial charge >= 0.3 is 6.18 Å². The summed E-state index contributed by atoms with van der Waals surface area (Å²) in [6.07, 6.45) is -4.52. The molecule has 0 bridgehead atoms. The van der Waals surface area contributed by atoms with E-state index in [-0.39, 0.29) is 17.1 Å². The summed E-state index contributed by atoms with van der Waals surface area (Å²) in [5.41, 5.74) is 1.83. The quantitative estimate of drug-likeness (QED) is 0.499. The third-order valence-electron chi connectivity index (χ3n) is 4.50. The van der Waals surface area contributed by atoms with Crippen molar-refractivity contribution in [2.45, 2.75) is 18.8 Å². The first kappa shape index (κ1) is 22.4. The molecule has 2 heterocycles. The molecule has 3 rings (SSSR count). The van der Waals surface area contributed by atoms with E-state index in [1.165, 1.54) is 7.05 Å². The van der Waals surface area contributed by atoms with Gasteiger partial charge in [-0.05, 0) is 6.07 Å². The number of nitrogens with two attached hydrogens (primary N) is 1. The largest absolute Gasteiger partial charge is 0.435 e. The van der Waals surface area contributed by atoms with Crippen LogP contribution in [0.3, 0.4) is 0 Å². The molecule has 0 saturated carbocycles. The van der Waals surface area contributed by atoms with E-state index in [0.717, 1.165) is 29.1 Å². The van der Waals surface area contributed by atoms with Crippen molar-refractivity contribution in [3.05, 3.63) is 47.7 Å². The van der Waals surface area contributed by atoms with Crippen LogP contribution < -0.4 is 5.73 Å². The average Bonchev–Trinajstić information content (AvgIpc) is 3.27. The molecule has 13 heteroatoms. The first-order valence-corrected chi connectivity index (χ1v) is 8.69. The van der Waals surface area contributed by atoms with Gasteiger partial charge in [0.1, 0.15) is 0 Å². The van der Waals surface area contributed by atoms with E-state index in [1.807, 2.05) is 0 Å². The molecule has 0 aliphatic heterocycles. The summed E-state index contributed by atoms with van der Waals surface area (Å²) in [6, 6.07) is 1.97. The van der Waals surface area contributed by atoms with Gasteiger partial charge in [-0.15, -0.1) is 0 Å². The Labute approximate surface area is 171 Å². The number of nitrogens with zero attached hydrogens (tertiary/aromatic N) is 4. The lowest BCUT2D eigenvalue weighted by molar-refractivity contribution is -0.141. The Morgan fingerprint density at radius 3 is 2.35 bits per heavy atom. The van der Waals surface area contributed by atoms with Crippen molar-refractivity contribution in [2.75, 3.05) is 6.61 Å². The van der Waals surface area contributed by atoms with Crippen molar-refractivity contribution in [2.24, 2.45) is 12.8 Å². The number of benzene rings is 1. The van der Waals surface area contributed by atoms with Crippen LogP contribution in [0.15, 0.2) is 24.5 Å². The third-order valence-corrected chi connectivity index (χ3v) is 4.50. The Morgan fingerprint density at radius 2 is 1.81 bits per heavy atom. The SMILES string of the molecule is Cn1c(-c2ccc(-c3cn(C[C@H](O)CO)nc3C(F)(F)F)c(F)c2F)cnc1C(N)=O. The Hall–Kier alpha value is -3.32. The summed E-state index contributed by atoms with van der Waals surface area (Å²) in [4.78, 5) is 15.0. The number of halogens is 5. The van der Waals surface area contributed by atoms with Gasteiger partial charge in [0, 0.05) is 29.9 Å². The topological polar surface area (TPSA) is 119 Å². The summed E-state index contributed by atoms with van der Waals surface area (Å²) >= 11 is 0. The lowest BCUT2D eigenvalue weighted by atomic mass is 10.0. The predicted octanol–water partition coefficient (Wildman–Crippen LogP) is 1.70. The summed E-state index contributed by atoms with van der Waals surface area (Å²) < 4.78 is 71.7. The van der Waals surface area contributed by atoms with Crippen molar-refractivity contribution in [1.82, 2.24) is 19.3 Å². The van der Waals surface area contributed by atoms with Gasteiger partial charge in [-0.25, -0.2) is 13.8 Å². The van der Waals surface area contributed by atoms with Gasteiger partial charge in [-0.1, -0.05) is 6.07 Å². The van der Waals surface area contributed by atoms with Crippen molar-refractivity contribution in [3.8, 4) is 22.4 Å². The van der Waals surface area contributed by atoms with Gasteiger partial charge in [-0.2, -0.15) is 18.3 Å². The summed E-state index contributed by atoms with van der Waals surface area (Å²) in [7, 11) is 1.34. The molecule has 0 spiro atoms. The zero-order valence-electron chi connectivity index (χ0n) is 15.9. The van der Waals surface area contributed by atoms with Crippen molar-refractivity contribution < 1.29 is 37.0 Å². The second-order valence-electron chi connectivity index (χ2n) is 6.63. The summed E-state index contributed by atoms with van der Waals surface area (Å²) in [5.74, 6) is -4.17. The number of amides is 1. The van der Waals surface area contributed by atoms with Gasteiger partial charge in [0.2, 0.25) is 0 Å². The average molecular weight is 445 g/mol. The molecule has 1 amide bonds. The maximum atomic E-state index is 14.8. The molecule has 31 heavy (non-hydrogen) atoms. The summed E-state index contributed by atoms with van der Waals surface area (Å²) in [5, 5.41) is 21.6. The second-order valence-corrected chi connectivity index (χ2v) is 6.63. The van der Waals surface area contributed by atoms with Crippen molar-refractivity contribution in [3.63, 3.8) is 0 Å². The normalized spacial score (nSPS) is 12.9. The second kappa shape index (κ2) is 8.07. The molecule has 166 valence electrons. The Bertz CT molecular complexity index is 1140. The van der Waals surface area contributed by atoms with E-state index in [1.54, 1.807) is 0 Å². The minimum atomic E-state index is -5.00. The molecule has 0 aliphatic rings. The third kappa shape index (κ3) is 4.14. The van der Waals surface area contributed by atoms with E-state index in [0.29, 0.717) is 4.68 Å².